The quantitative estimate of drug-likeness (QED) is 0.318. The molecule has 4 aromatic rings. The first-order valence-electron chi connectivity index (χ1n) is 9.29. The monoisotopic (exact) mass is 418 g/mol. The van der Waals surface area contributed by atoms with Crippen LogP contribution in [0.4, 0.5) is 23.3 Å². The Morgan fingerprint density at radius 2 is 1.87 bits per heavy atom. The van der Waals surface area contributed by atoms with Crippen LogP contribution in [-0.4, -0.2) is 21.2 Å². The zero-order valence-corrected chi connectivity index (χ0v) is 17.5. The summed E-state index contributed by atoms with van der Waals surface area (Å²) in [6, 6.07) is 19.7. The lowest BCUT2D eigenvalue weighted by Gasteiger charge is -2.11. The molecule has 0 saturated heterocycles. The lowest BCUT2D eigenvalue weighted by Crippen LogP contribution is -2.00. The summed E-state index contributed by atoms with van der Waals surface area (Å²) in [5, 5.41) is 3.40. The molecule has 0 aliphatic carbocycles. The van der Waals surface area contributed by atoms with Crippen molar-refractivity contribution in [2.45, 2.75) is 11.8 Å². The number of nitrogens with one attached hydrogen (secondary N) is 2. The van der Waals surface area contributed by atoms with Gasteiger partial charge in [0.25, 0.3) is 0 Å². The summed E-state index contributed by atoms with van der Waals surface area (Å²) in [6.45, 7) is 2.07. The second-order valence-corrected chi connectivity index (χ2v) is 7.58. The fourth-order valence-corrected chi connectivity index (χ4v) is 3.73. The van der Waals surface area contributed by atoms with Gasteiger partial charge in [-0.2, -0.15) is 9.97 Å². The van der Waals surface area contributed by atoms with E-state index in [1.165, 1.54) is 11.6 Å². The van der Waals surface area contributed by atoms with Crippen LogP contribution in [0, 0.1) is 6.92 Å². The summed E-state index contributed by atoms with van der Waals surface area (Å²) in [5.41, 5.74) is 15.7. The number of H-pyrrole nitrogens is 1. The highest BCUT2D eigenvalue weighted by atomic mass is 32.2. The maximum Gasteiger partial charge on any atom is 0.226 e. The minimum absolute atomic E-state index is 0.0757. The van der Waals surface area contributed by atoms with Crippen molar-refractivity contribution in [3.63, 3.8) is 0 Å². The van der Waals surface area contributed by atoms with Crippen LogP contribution in [0.1, 0.15) is 5.56 Å². The number of nitrogen functional groups attached to an aromatic ring is 2. The number of nitrogens with two attached hydrogens (primary N) is 2. The van der Waals surface area contributed by atoms with E-state index in [2.05, 4.69) is 45.4 Å². The Bertz CT molecular complexity index is 1170. The standard InChI is InChI=1S/C22H22N6OS/c1-13-4-3-5-14(10-13)25-20-9-8-17(26-20)16-7-6-15(11-18(16)30-2)29-21-12-19(23)27-22(24)28-21/h3-12,25-26H,1-2H3,(H4,23,24,27,28). The fraction of sp³-hybridized carbons (Fsp3) is 0.0909. The smallest absolute Gasteiger partial charge is 0.226 e. The molecule has 0 atom stereocenters. The lowest BCUT2D eigenvalue weighted by atomic mass is 10.1. The van der Waals surface area contributed by atoms with E-state index in [0.29, 0.717) is 11.6 Å². The van der Waals surface area contributed by atoms with Crippen LogP contribution in [0.5, 0.6) is 11.6 Å². The Hall–Kier alpha value is -3.65. The number of aryl methyl sites for hydroxylation is 1. The van der Waals surface area contributed by atoms with Gasteiger partial charge in [0.1, 0.15) is 17.4 Å². The summed E-state index contributed by atoms with van der Waals surface area (Å²) >= 11 is 1.63. The molecule has 2 heterocycles. The maximum absolute atomic E-state index is 5.82. The zero-order valence-electron chi connectivity index (χ0n) is 16.6. The van der Waals surface area contributed by atoms with Crippen LogP contribution in [0.25, 0.3) is 11.3 Å². The Morgan fingerprint density at radius 3 is 2.63 bits per heavy atom. The molecule has 2 aromatic heterocycles. The van der Waals surface area contributed by atoms with Gasteiger partial charge >= 0.3 is 0 Å². The van der Waals surface area contributed by atoms with E-state index in [1.807, 2.05) is 42.7 Å². The first kappa shape index (κ1) is 19.7. The highest BCUT2D eigenvalue weighted by molar-refractivity contribution is 7.98. The Kier molecular flexibility index (Phi) is 5.49. The van der Waals surface area contributed by atoms with Gasteiger partial charge < -0.3 is 26.5 Å². The molecule has 0 unspecified atom stereocenters. The molecular formula is C22H22N6OS. The average Bonchev–Trinajstić information content (AvgIpc) is 3.15. The van der Waals surface area contributed by atoms with Crippen LogP contribution < -0.4 is 21.5 Å². The van der Waals surface area contributed by atoms with Gasteiger partial charge in [0.15, 0.2) is 0 Å². The maximum atomic E-state index is 5.82. The van der Waals surface area contributed by atoms with Gasteiger partial charge in [0, 0.05) is 27.9 Å². The third-order valence-corrected chi connectivity index (χ3v) is 5.19. The number of hydrogen-bond acceptors (Lipinski definition) is 7. The topological polar surface area (TPSA) is 115 Å². The second kappa shape index (κ2) is 8.38. The minimum Gasteiger partial charge on any atom is -0.439 e. The molecule has 152 valence electrons. The molecule has 30 heavy (non-hydrogen) atoms. The van der Waals surface area contributed by atoms with E-state index in [4.69, 9.17) is 16.2 Å². The molecule has 0 fully saturated rings. The molecule has 0 amide bonds. The van der Waals surface area contributed by atoms with Gasteiger partial charge in [-0.3, -0.25) is 0 Å². The Labute approximate surface area is 178 Å². The molecule has 8 heteroatoms. The molecule has 0 aliphatic rings. The summed E-state index contributed by atoms with van der Waals surface area (Å²) in [5.74, 6) is 2.22. The van der Waals surface area contributed by atoms with E-state index in [9.17, 15) is 0 Å². The van der Waals surface area contributed by atoms with E-state index < -0.39 is 0 Å². The number of thioether (sulfide) groups is 1. The van der Waals surface area contributed by atoms with Gasteiger partial charge in [-0.15, -0.1) is 11.8 Å². The van der Waals surface area contributed by atoms with Gasteiger partial charge in [0.05, 0.1) is 0 Å². The fourth-order valence-electron chi connectivity index (χ4n) is 3.10. The van der Waals surface area contributed by atoms with Crippen LogP contribution in [0.3, 0.4) is 0 Å². The molecule has 4 rings (SSSR count). The van der Waals surface area contributed by atoms with E-state index in [-0.39, 0.29) is 11.8 Å². The Balaban J connectivity index is 1.56. The van der Waals surface area contributed by atoms with Gasteiger partial charge in [0.2, 0.25) is 11.8 Å². The van der Waals surface area contributed by atoms with Crippen molar-refractivity contribution in [1.29, 1.82) is 0 Å². The van der Waals surface area contributed by atoms with E-state index in [0.717, 1.165) is 27.7 Å². The third kappa shape index (κ3) is 4.49. The second-order valence-electron chi connectivity index (χ2n) is 6.73. The normalized spacial score (nSPS) is 10.7. The van der Waals surface area contributed by atoms with Gasteiger partial charge in [-0.05, 0) is 61.2 Å². The Morgan fingerprint density at radius 1 is 1.00 bits per heavy atom. The summed E-state index contributed by atoms with van der Waals surface area (Å²) in [6.07, 6.45) is 2.03. The number of nitrogens with zero attached hydrogens (tertiary/aromatic N) is 2. The lowest BCUT2D eigenvalue weighted by molar-refractivity contribution is 0.462. The number of rotatable bonds is 6. The zero-order chi connectivity index (χ0) is 21.1. The van der Waals surface area contributed by atoms with Crippen molar-refractivity contribution in [3.8, 4) is 22.9 Å². The van der Waals surface area contributed by atoms with Crippen LogP contribution >= 0.6 is 11.8 Å². The van der Waals surface area contributed by atoms with Crippen molar-refractivity contribution in [2.75, 3.05) is 23.0 Å². The van der Waals surface area contributed by atoms with Gasteiger partial charge in [-0.1, -0.05) is 12.1 Å². The summed E-state index contributed by atoms with van der Waals surface area (Å²) in [4.78, 5) is 12.4. The van der Waals surface area contributed by atoms with Crippen molar-refractivity contribution in [1.82, 2.24) is 15.0 Å². The van der Waals surface area contributed by atoms with E-state index in [1.54, 1.807) is 11.8 Å². The van der Waals surface area contributed by atoms with Crippen molar-refractivity contribution in [2.24, 2.45) is 0 Å². The highest BCUT2D eigenvalue weighted by Gasteiger charge is 2.11. The minimum atomic E-state index is 0.0757. The predicted octanol–water partition coefficient (Wildman–Crippen LogP) is 5.20. The number of ether oxygens (including phenoxy) is 1. The van der Waals surface area contributed by atoms with Crippen LogP contribution in [0.2, 0.25) is 0 Å². The van der Waals surface area contributed by atoms with Crippen LogP contribution in [-0.2, 0) is 0 Å². The molecule has 2 aromatic carbocycles. The van der Waals surface area contributed by atoms with Crippen LogP contribution in [0.15, 0.2) is 65.6 Å². The molecule has 0 saturated carbocycles. The number of anilines is 4. The summed E-state index contributed by atoms with van der Waals surface area (Å²) < 4.78 is 5.82. The number of aromatic nitrogens is 3. The largest absolute Gasteiger partial charge is 0.439 e. The molecule has 0 spiro atoms. The summed E-state index contributed by atoms with van der Waals surface area (Å²) in [7, 11) is 0. The molecule has 0 radical (unpaired) electrons. The highest BCUT2D eigenvalue weighted by Crippen LogP contribution is 2.35. The number of aromatic amines is 1. The third-order valence-electron chi connectivity index (χ3n) is 4.41. The van der Waals surface area contributed by atoms with Crippen molar-refractivity contribution >= 4 is 35.0 Å². The van der Waals surface area contributed by atoms with Crippen molar-refractivity contribution < 1.29 is 4.74 Å². The predicted molar refractivity (Wildman–Crippen MR) is 123 cm³/mol. The number of benzene rings is 2. The molecule has 0 bridgehead atoms. The van der Waals surface area contributed by atoms with E-state index >= 15 is 0 Å². The number of hydrogen-bond donors (Lipinski definition) is 4. The molecular weight excluding hydrogens is 396 g/mol. The molecule has 6 N–H and O–H groups in total. The van der Waals surface area contributed by atoms with Crippen molar-refractivity contribution in [3.05, 3.63) is 66.2 Å². The van der Waals surface area contributed by atoms with Gasteiger partial charge in [-0.25, -0.2) is 0 Å². The SMILES string of the molecule is CSc1cc(Oc2cc(N)nc(N)n2)ccc1-c1ccc(Nc2cccc(C)c2)[nH]1. The molecule has 7 nitrogen and oxygen atoms in total. The average molecular weight is 419 g/mol. The first-order chi connectivity index (χ1) is 14.5. The first-order valence-corrected chi connectivity index (χ1v) is 10.5. The molecule has 0 aliphatic heterocycles.